The lowest BCUT2D eigenvalue weighted by Crippen LogP contribution is -2.58. The number of ether oxygens (including phenoxy) is 1. The summed E-state index contributed by atoms with van der Waals surface area (Å²) in [5.41, 5.74) is 6.35. The van der Waals surface area contributed by atoms with E-state index in [9.17, 15) is 14.4 Å². The van der Waals surface area contributed by atoms with Gasteiger partial charge in [-0.2, -0.15) is 0 Å². The van der Waals surface area contributed by atoms with Crippen LogP contribution in [0.25, 0.3) is 0 Å². The first-order chi connectivity index (χ1) is 9.43. The number of piperazine rings is 1. The van der Waals surface area contributed by atoms with Crippen LogP contribution in [0, 0.1) is 0 Å². The van der Waals surface area contributed by atoms with Crippen LogP contribution in [0.3, 0.4) is 0 Å². The molecule has 1 fully saturated rings. The quantitative estimate of drug-likeness (QED) is 0.574. The third-order valence-electron chi connectivity index (χ3n) is 3.14. The fraction of sp³-hybridized carbons (Fsp3) is 0.308. The highest BCUT2D eigenvalue weighted by Gasteiger charge is 2.34. The normalized spacial score (nSPS) is 18.7. The number of benzene rings is 1. The standard InChI is InChI=1S/C13H15N3O4/c1-7-12(18)15-11(17)6-16(7)13(19)9-4-3-8(14)5-10(9)20-2/h3-5,7H,6,14H2,1-2H3,(H,15,17,18). The van der Waals surface area contributed by atoms with Gasteiger partial charge < -0.3 is 15.4 Å². The van der Waals surface area contributed by atoms with Crippen molar-refractivity contribution in [2.75, 3.05) is 19.4 Å². The number of hydrogen-bond donors (Lipinski definition) is 2. The second kappa shape index (κ2) is 5.20. The van der Waals surface area contributed by atoms with Gasteiger partial charge in [0.15, 0.2) is 0 Å². The van der Waals surface area contributed by atoms with E-state index in [2.05, 4.69) is 5.32 Å². The lowest BCUT2D eigenvalue weighted by Gasteiger charge is -2.32. The molecule has 1 aromatic carbocycles. The molecule has 0 saturated carbocycles. The highest BCUT2D eigenvalue weighted by atomic mass is 16.5. The van der Waals surface area contributed by atoms with Crippen molar-refractivity contribution in [1.82, 2.24) is 10.2 Å². The molecule has 3 amide bonds. The maximum absolute atomic E-state index is 12.5. The van der Waals surface area contributed by atoms with Crippen molar-refractivity contribution in [2.24, 2.45) is 0 Å². The molecule has 7 heteroatoms. The van der Waals surface area contributed by atoms with Gasteiger partial charge in [-0.3, -0.25) is 19.7 Å². The molecule has 1 atom stereocenters. The Balaban J connectivity index is 2.35. The van der Waals surface area contributed by atoms with Gasteiger partial charge in [0.25, 0.3) is 5.91 Å². The Morgan fingerprint density at radius 1 is 1.45 bits per heavy atom. The van der Waals surface area contributed by atoms with Gasteiger partial charge in [0.05, 0.1) is 12.7 Å². The van der Waals surface area contributed by atoms with Crippen molar-refractivity contribution in [3.8, 4) is 5.75 Å². The fourth-order valence-electron chi connectivity index (χ4n) is 2.00. The largest absolute Gasteiger partial charge is 0.496 e. The second-order valence-electron chi connectivity index (χ2n) is 4.48. The van der Waals surface area contributed by atoms with Gasteiger partial charge in [0.1, 0.15) is 18.3 Å². The van der Waals surface area contributed by atoms with Crippen LogP contribution in [-0.4, -0.2) is 42.3 Å². The van der Waals surface area contributed by atoms with Crippen LogP contribution < -0.4 is 15.8 Å². The summed E-state index contributed by atoms with van der Waals surface area (Å²) in [6.07, 6.45) is 0. The predicted molar refractivity (Wildman–Crippen MR) is 71.1 cm³/mol. The van der Waals surface area contributed by atoms with Gasteiger partial charge >= 0.3 is 0 Å². The van der Waals surface area contributed by atoms with Gasteiger partial charge in [0.2, 0.25) is 11.8 Å². The summed E-state index contributed by atoms with van der Waals surface area (Å²) in [5.74, 6) is -1.14. The number of imide groups is 1. The van der Waals surface area contributed by atoms with Crippen LogP contribution in [-0.2, 0) is 9.59 Å². The molecule has 0 aromatic heterocycles. The Hall–Kier alpha value is -2.57. The molecule has 1 aliphatic heterocycles. The third kappa shape index (κ3) is 2.42. The Kier molecular flexibility index (Phi) is 3.60. The number of methoxy groups -OCH3 is 1. The SMILES string of the molecule is COc1cc(N)ccc1C(=O)N1CC(=O)NC(=O)C1C. The van der Waals surface area contributed by atoms with Crippen molar-refractivity contribution in [1.29, 1.82) is 0 Å². The molecule has 1 heterocycles. The summed E-state index contributed by atoms with van der Waals surface area (Å²) in [4.78, 5) is 36.6. The zero-order valence-electron chi connectivity index (χ0n) is 11.2. The van der Waals surface area contributed by atoms with E-state index in [0.717, 1.165) is 0 Å². The molecule has 1 aliphatic rings. The number of nitrogens with one attached hydrogen (secondary N) is 1. The molecule has 20 heavy (non-hydrogen) atoms. The Morgan fingerprint density at radius 3 is 2.80 bits per heavy atom. The van der Waals surface area contributed by atoms with E-state index in [1.165, 1.54) is 24.1 Å². The van der Waals surface area contributed by atoms with E-state index < -0.39 is 23.8 Å². The van der Waals surface area contributed by atoms with E-state index >= 15 is 0 Å². The number of carbonyl (C=O) groups excluding carboxylic acids is 3. The minimum atomic E-state index is -0.720. The smallest absolute Gasteiger partial charge is 0.258 e. The van der Waals surface area contributed by atoms with Crippen LogP contribution in [0.2, 0.25) is 0 Å². The summed E-state index contributed by atoms with van der Waals surface area (Å²) in [6.45, 7) is 1.39. The first-order valence-electron chi connectivity index (χ1n) is 6.02. The van der Waals surface area contributed by atoms with Crippen LogP contribution in [0.15, 0.2) is 18.2 Å². The highest BCUT2D eigenvalue weighted by Crippen LogP contribution is 2.24. The minimum absolute atomic E-state index is 0.167. The molecule has 0 aliphatic carbocycles. The van der Waals surface area contributed by atoms with Gasteiger partial charge in [0, 0.05) is 11.8 Å². The topological polar surface area (TPSA) is 102 Å². The van der Waals surface area contributed by atoms with Crippen LogP contribution >= 0.6 is 0 Å². The number of hydrogen-bond acceptors (Lipinski definition) is 5. The number of nitrogens with zero attached hydrogens (tertiary/aromatic N) is 1. The summed E-state index contributed by atoms with van der Waals surface area (Å²) in [5, 5.41) is 2.18. The Labute approximate surface area is 115 Å². The van der Waals surface area contributed by atoms with E-state index in [1.54, 1.807) is 13.0 Å². The van der Waals surface area contributed by atoms with Gasteiger partial charge in [-0.05, 0) is 19.1 Å². The van der Waals surface area contributed by atoms with E-state index in [-0.39, 0.29) is 12.1 Å². The lowest BCUT2D eigenvalue weighted by molar-refractivity contribution is -0.138. The molecule has 1 saturated heterocycles. The van der Waals surface area contributed by atoms with Crippen LogP contribution in [0.4, 0.5) is 5.69 Å². The van der Waals surface area contributed by atoms with Gasteiger partial charge in [-0.15, -0.1) is 0 Å². The molecule has 2 rings (SSSR count). The zero-order chi connectivity index (χ0) is 14.9. The molecule has 0 spiro atoms. The summed E-state index contributed by atoms with van der Waals surface area (Å²) >= 11 is 0. The molecule has 3 N–H and O–H groups in total. The first kappa shape index (κ1) is 13.9. The maximum atomic E-state index is 12.5. The number of carbonyl (C=O) groups is 3. The zero-order valence-corrected chi connectivity index (χ0v) is 11.2. The van der Waals surface area contributed by atoms with E-state index in [1.807, 2.05) is 0 Å². The van der Waals surface area contributed by atoms with Crippen molar-refractivity contribution < 1.29 is 19.1 Å². The Morgan fingerprint density at radius 2 is 2.15 bits per heavy atom. The average molecular weight is 277 g/mol. The van der Waals surface area contributed by atoms with Crippen molar-refractivity contribution >= 4 is 23.4 Å². The maximum Gasteiger partial charge on any atom is 0.258 e. The van der Waals surface area contributed by atoms with E-state index in [4.69, 9.17) is 10.5 Å². The summed E-state index contributed by atoms with van der Waals surface area (Å²) in [6, 6.07) is 3.87. The number of amides is 3. The van der Waals surface area contributed by atoms with Crippen LogP contribution in [0.1, 0.15) is 17.3 Å². The molecule has 0 bridgehead atoms. The third-order valence-corrected chi connectivity index (χ3v) is 3.14. The van der Waals surface area contributed by atoms with Crippen LogP contribution in [0.5, 0.6) is 5.75 Å². The average Bonchev–Trinajstić information content (AvgIpc) is 2.41. The van der Waals surface area contributed by atoms with Crippen molar-refractivity contribution in [2.45, 2.75) is 13.0 Å². The monoisotopic (exact) mass is 277 g/mol. The molecule has 1 aromatic rings. The second-order valence-corrected chi connectivity index (χ2v) is 4.48. The summed E-state index contributed by atoms with van der Waals surface area (Å²) in [7, 11) is 1.42. The number of nitrogens with two attached hydrogens (primary N) is 1. The summed E-state index contributed by atoms with van der Waals surface area (Å²) < 4.78 is 5.11. The first-order valence-corrected chi connectivity index (χ1v) is 6.02. The molecule has 106 valence electrons. The molecular formula is C13H15N3O4. The predicted octanol–water partition coefficient (Wildman–Crippen LogP) is -0.235. The number of rotatable bonds is 2. The molecule has 1 unspecified atom stereocenters. The molecule has 7 nitrogen and oxygen atoms in total. The Bertz CT molecular complexity index is 585. The van der Waals surface area contributed by atoms with E-state index in [0.29, 0.717) is 11.4 Å². The van der Waals surface area contributed by atoms with Gasteiger partial charge in [-0.25, -0.2) is 0 Å². The fourth-order valence-corrected chi connectivity index (χ4v) is 2.00. The molecule has 0 radical (unpaired) electrons. The molecular weight excluding hydrogens is 262 g/mol. The van der Waals surface area contributed by atoms with Gasteiger partial charge in [-0.1, -0.05) is 0 Å². The number of nitrogen functional groups attached to an aromatic ring is 1. The van der Waals surface area contributed by atoms with Crippen molar-refractivity contribution in [3.05, 3.63) is 23.8 Å². The van der Waals surface area contributed by atoms with Crippen molar-refractivity contribution in [3.63, 3.8) is 0 Å². The number of anilines is 1. The minimum Gasteiger partial charge on any atom is -0.496 e. The highest BCUT2D eigenvalue weighted by molar-refractivity contribution is 6.07. The lowest BCUT2D eigenvalue weighted by atomic mass is 10.1.